The molecule has 3 aliphatic heterocycles. The summed E-state index contributed by atoms with van der Waals surface area (Å²) < 4.78 is 12.3. The van der Waals surface area contributed by atoms with Crippen LogP contribution in [0.4, 0.5) is 9.59 Å². The van der Waals surface area contributed by atoms with Crippen molar-refractivity contribution in [1.29, 1.82) is 0 Å². The standard InChI is InChI=1S/C50H72N8O6/c1-4-5-6-7-8-9-10-11-12-15-30-63-50(62)64-36-58-35-41-32-38(31-37(2)46(41)53-58)33-45(48(60)56-28-26-55(27-29-56)42-20-22-54(3)23-21-42)52-49(61)57-24-18-39(19-25-57)43-34-40-16-13-14-17-44(40)51-47(43)59/h13-14,16-17,31-32,34-35,39,42,45H,4-12,15,18-30,33,36H2,1-3H3,(H,51,59)(H,52,61)/t45-/m1/s1. The van der Waals surface area contributed by atoms with Gasteiger partial charge >= 0.3 is 12.2 Å². The van der Waals surface area contributed by atoms with Crippen molar-refractivity contribution >= 4 is 39.9 Å². The topological polar surface area (TPSA) is 145 Å². The van der Waals surface area contributed by atoms with Crippen LogP contribution < -0.4 is 10.9 Å². The first-order valence-electron chi connectivity index (χ1n) is 24.3. The van der Waals surface area contributed by atoms with E-state index in [9.17, 15) is 19.2 Å². The number of aromatic nitrogens is 3. The van der Waals surface area contributed by atoms with E-state index in [-0.39, 0.29) is 30.1 Å². The summed E-state index contributed by atoms with van der Waals surface area (Å²) in [6, 6.07) is 13.3. The first-order chi connectivity index (χ1) is 31.1. The van der Waals surface area contributed by atoms with E-state index >= 15 is 0 Å². The van der Waals surface area contributed by atoms with Gasteiger partial charge in [-0.05, 0) is 99.8 Å². The monoisotopic (exact) mass is 881 g/mol. The number of aromatic amines is 1. The van der Waals surface area contributed by atoms with Crippen LogP contribution in [-0.2, 0) is 27.4 Å². The van der Waals surface area contributed by atoms with Crippen molar-refractivity contribution in [3.63, 3.8) is 0 Å². The molecule has 3 aliphatic rings. The fraction of sp³-hybridized carbons (Fsp3) is 0.620. The Balaban J connectivity index is 0.947. The number of piperidine rings is 2. The minimum Gasteiger partial charge on any atom is -0.434 e. The Morgan fingerprint density at radius 3 is 2.20 bits per heavy atom. The van der Waals surface area contributed by atoms with Crippen molar-refractivity contribution < 1.29 is 23.9 Å². The normalized spacial score (nSPS) is 17.5. The third kappa shape index (κ3) is 12.9. The minimum atomic E-state index is -0.774. The Kier molecular flexibility index (Phi) is 17.1. The number of unbranched alkanes of at least 4 members (excludes halogenated alkanes) is 9. The Bertz CT molecular complexity index is 2200. The quantitative estimate of drug-likeness (QED) is 0.0708. The maximum Gasteiger partial charge on any atom is 0.510 e. The van der Waals surface area contributed by atoms with E-state index in [4.69, 9.17) is 9.47 Å². The third-order valence-corrected chi connectivity index (χ3v) is 13.8. The van der Waals surface area contributed by atoms with Crippen molar-refractivity contribution in [2.45, 2.75) is 135 Å². The maximum absolute atomic E-state index is 14.5. The molecular formula is C50H72N8O6. The molecule has 2 N–H and O–H groups in total. The lowest BCUT2D eigenvalue weighted by atomic mass is 9.89. The number of piperazine rings is 1. The van der Waals surface area contributed by atoms with Gasteiger partial charge in [0.25, 0.3) is 5.56 Å². The Labute approximate surface area is 379 Å². The zero-order valence-corrected chi connectivity index (χ0v) is 38.7. The van der Waals surface area contributed by atoms with E-state index in [0.717, 1.165) is 96.8 Å². The second-order valence-corrected chi connectivity index (χ2v) is 18.6. The van der Waals surface area contributed by atoms with Crippen molar-refractivity contribution in [3.05, 3.63) is 75.7 Å². The number of hydrogen-bond donors (Lipinski definition) is 2. The van der Waals surface area contributed by atoms with Gasteiger partial charge < -0.3 is 34.5 Å². The number of nitrogens with zero attached hydrogens (tertiary/aromatic N) is 6. The summed E-state index contributed by atoms with van der Waals surface area (Å²) in [5.41, 5.74) is 4.09. The molecule has 3 saturated heterocycles. The number of fused-ring (bicyclic) bond motifs is 2. The summed E-state index contributed by atoms with van der Waals surface area (Å²) in [6.45, 7) is 10.5. The molecule has 0 radical (unpaired) electrons. The number of rotatable bonds is 19. The number of carbonyl (C=O) groups is 3. The summed E-state index contributed by atoms with van der Waals surface area (Å²) in [4.78, 5) is 65.6. The second kappa shape index (κ2) is 23.3. The average Bonchev–Trinajstić information content (AvgIpc) is 3.73. The maximum atomic E-state index is 14.5. The predicted molar refractivity (Wildman–Crippen MR) is 252 cm³/mol. The van der Waals surface area contributed by atoms with Crippen molar-refractivity contribution in [3.8, 4) is 0 Å². The number of nitrogens with one attached hydrogen (secondary N) is 2. The van der Waals surface area contributed by atoms with Crippen molar-refractivity contribution in [2.24, 2.45) is 0 Å². The van der Waals surface area contributed by atoms with Gasteiger partial charge in [0, 0.05) is 74.4 Å². The summed E-state index contributed by atoms with van der Waals surface area (Å²) in [6.07, 6.45) is 17.1. The van der Waals surface area contributed by atoms with Crippen LogP contribution in [0.1, 0.15) is 119 Å². The summed E-state index contributed by atoms with van der Waals surface area (Å²) >= 11 is 0. The fourth-order valence-corrected chi connectivity index (χ4v) is 9.95. The number of aryl methyl sites for hydroxylation is 1. The molecule has 348 valence electrons. The number of amides is 3. The molecular weight excluding hydrogens is 809 g/mol. The molecule has 7 rings (SSSR count). The van der Waals surface area contributed by atoms with Crippen LogP contribution in [-0.4, -0.2) is 131 Å². The van der Waals surface area contributed by atoms with E-state index in [1.54, 1.807) is 9.58 Å². The Morgan fingerprint density at radius 2 is 1.48 bits per heavy atom. The van der Waals surface area contributed by atoms with Crippen LogP contribution in [0.5, 0.6) is 0 Å². The molecule has 0 bridgehead atoms. The van der Waals surface area contributed by atoms with Crippen molar-refractivity contribution in [2.75, 3.05) is 66.0 Å². The van der Waals surface area contributed by atoms with Crippen LogP contribution in [0.25, 0.3) is 21.8 Å². The highest BCUT2D eigenvalue weighted by Gasteiger charge is 2.34. The summed E-state index contributed by atoms with van der Waals surface area (Å²) in [7, 11) is 2.17. The highest BCUT2D eigenvalue weighted by molar-refractivity contribution is 5.88. The molecule has 14 nitrogen and oxygen atoms in total. The molecule has 1 atom stereocenters. The van der Waals surface area contributed by atoms with Gasteiger partial charge in [0.1, 0.15) is 6.04 Å². The highest BCUT2D eigenvalue weighted by Crippen LogP contribution is 2.28. The lowest BCUT2D eigenvalue weighted by molar-refractivity contribution is -0.135. The summed E-state index contributed by atoms with van der Waals surface area (Å²) in [5, 5.41) is 9.70. The van der Waals surface area contributed by atoms with E-state index in [1.165, 1.54) is 44.9 Å². The molecule has 14 heteroatoms. The number of ether oxygens (including phenoxy) is 2. The number of carbonyl (C=O) groups excluding carboxylic acids is 3. The van der Waals surface area contributed by atoms with Crippen LogP contribution in [0.15, 0.2) is 53.5 Å². The van der Waals surface area contributed by atoms with Crippen LogP contribution >= 0.6 is 0 Å². The second-order valence-electron chi connectivity index (χ2n) is 18.6. The molecule has 0 aliphatic carbocycles. The third-order valence-electron chi connectivity index (χ3n) is 13.8. The van der Waals surface area contributed by atoms with Gasteiger partial charge in [-0.15, -0.1) is 0 Å². The van der Waals surface area contributed by atoms with E-state index in [2.05, 4.69) is 39.2 Å². The van der Waals surface area contributed by atoms with Crippen LogP contribution in [0.2, 0.25) is 0 Å². The first-order valence-corrected chi connectivity index (χ1v) is 24.3. The molecule has 64 heavy (non-hydrogen) atoms. The van der Waals surface area contributed by atoms with E-state index < -0.39 is 12.2 Å². The van der Waals surface area contributed by atoms with Gasteiger partial charge in [-0.25, -0.2) is 14.3 Å². The fourth-order valence-electron chi connectivity index (χ4n) is 9.95. The van der Waals surface area contributed by atoms with Gasteiger partial charge in [0.05, 0.1) is 12.1 Å². The van der Waals surface area contributed by atoms with Crippen LogP contribution in [0, 0.1) is 6.92 Å². The van der Waals surface area contributed by atoms with Gasteiger partial charge in [-0.3, -0.25) is 14.5 Å². The van der Waals surface area contributed by atoms with Gasteiger partial charge in [-0.2, -0.15) is 5.10 Å². The molecule has 5 heterocycles. The number of H-pyrrole nitrogens is 1. The number of hydrogen-bond acceptors (Lipinski definition) is 9. The van der Waals surface area contributed by atoms with E-state index in [0.29, 0.717) is 58.1 Å². The Hall–Kier alpha value is -4.95. The number of likely N-dealkylation sites (tertiary alicyclic amines) is 2. The van der Waals surface area contributed by atoms with Gasteiger partial charge in [0.15, 0.2) is 6.73 Å². The first kappa shape index (κ1) is 47.0. The smallest absolute Gasteiger partial charge is 0.434 e. The Morgan fingerprint density at radius 1 is 0.797 bits per heavy atom. The molecule has 4 aromatic rings. The molecule has 0 spiro atoms. The zero-order valence-electron chi connectivity index (χ0n) is 38.7. The number of benzene rings is 2. The summed E-state index contributed by atoms with van der Waals surface area (Å²) in [5.74, 6) is -0.0381. The van der Waals surface area contributed by atoms with Gasteiger partial charge in [-0.1, -0.05) is 89.0 Å². The molecule has 3 fully saturated rings. The van der Waals surface area contributed by atoms with Crippen LogP contribution in [0.3, 0.4) is 0 Å². The zero-order chi connectivity index (χ0) is 44.8. The predicted octanol–water partition coefficient (Wildman–Crippen LogP) is 7.96. The molecule has 0 saturated carbocycles. The average molecular weight is 881 g/mol. The van der Waals surface area contributed by atoms with Gasteiger partial charge in [0.2, 0.25) is 5.91 Å². The minimum absolute atomic E-state index is 0.0386. The number of urea groups is 1. The highest BCUT2D eigenvalue weighted by atomic mass is 16.7. The SMILES string of the molecule is CCCCCCCCCCCCOC(=O)OCn1cc2cc(C[C@@H](NC(=O)N3CCC(c4cc5ccccc5[nH]c4=O)CC3)C(=O)N3CCN(C4CCN(C)CC4)CC3)cc(C)c2n1. The molecule has 2 aromatic carbocycles. The molecule has 3 amide bonds. The number of pyridine rings is 1. The lowest BCUT2D eigenvalue weighted by Crippen LogP contribution is -2.59. The largest absolute Gasteiger partial charge is 0.510 e. The number of para-hydroxylation sites is 1. The lowest BCUT2D eigenvalue weighted by Gasteiger charge is -2.43. The van der Waals surface area contributed by atoms with Crippen molar-refractivity contribution in [1.82, 2.24) is 39.7 Å². The van der Waals surface area contributed by atoms with E-state index in [1.807, 2.05) is 60.5 Å². The molecule has 2 aromatic heterocycles. The molecule has 0 unspecified atom stereocenters.